The van der Waals surface area contributed by atoms with Gasteiger partial charge in [0.05, 0.1) is 86.7 Å². The van der Waals surface area contributed by atoms with Crippen LogP contribution in [0, 0.1) is 11.3 Å². The third kappa shape index (κ3) is 22.0. The van der Waals surface area contributed by atoms with Gasteiger partial charge in [0.25, 0.3) is 0 Å². The zero-order chi connectivity index (χ0) is 34.1. The molecule has 1 atom stereocenters. The van der Waals surface area contributed by atoms with Crippen LogP contribution in [-0.4, -0.2) is 135 Å². The summed E-state index contributed by atoms with van der Waals surface area (Å²) >= 11 is 0. The molecule has 13 heteroatoms. The highest BCUT2D eigenvalue weighted by atomic mass is 32.2. The average Bonchev–Trinajstić information content (AvgIpc) is 3.43. The van der Waals surface area contributed by atoms with Crippen LogP contribution in [0.1, 0.15) is 81.6 Å². The molecular weight excluding hydrogens is 622 g/mol. The molecule has 0 N–H and O–H groups in total. The number of nitrogens with zero attached hydrogens (tertiary/aromatic N) is 1. The second-order valence-corrected chi connectivity index (χ2v) is 18.5. The Morgan fingerprint density at radius 2 is 1.24 bits per heavy atom. The van der Waals surface area contributed by atoms with E-state index in [-0.39, 0.29) is 23.7 Å². The molecule has 0 bridgehead atoms. The molecule has 4 saturated heterocycles. The van der Waals surface area contributed by atoms with Crippen molar-refractivity contribution < 1.29 is 45.3 Å². The zero-order valence-corrected chi connectivity index (χ0v) is 31.3. The van der Waals surface area contributed by atoms with Crippen LogP contribution in [0.4, 0.5) is 0 Å². The summed E-state index contributed by atoms with van der Waals surface area (Å²) in [6.07, 6.45) is 4.12. The van der Waals surface area contributed by atoms with Gasteiger partial charge in [0, 0.05) is 31.7 Å². The van der Waals surface area contributed by atoms with Crippen LogP contribution >= 0.6 is 0 Å². The van der Waals surface area contributed by atoms with Gasteiger partial charge in [-0.15, -0.1) is 0 Å². The summed E-state index contributed by atoms with van der Waals surface area (Å²) in [5.74, 6) is 1.69. The second kappa shape index (κ2) is 21.6. The molecule has 0 aromatic rings. The van der Waals surface area contributed by atoms with Gasteiger partial charge in [-0.05, 0) is 80.6 Å². The van der Waals surface area contributed by atoms with Crippen LogP contribution in [0.3, 0.4) is 0 Å². The standard InChI is InChI=1S/C9H18O3S.C8H17NO3S.C8H16O2.C7H14O2/c2*1-8(2)12-7-9-3-5-13(10,11)6-4-9;1-7(2)10-6-8(3)4-9-5-8;1-6(2)9-7-3-4-8-5-7/h8-9H,3-7H2,1-2H3;8H,3-7H2,1-2H3;7H,4-6H2,1-3H3;6-7H,3-5H2,1-2H3. The molecule has 0 radical (unpaired) electrons. The molecule has 4 fully saturated rings. The van der Waals surface area contributed by atoms with Crippen molar-refractivity contribution in [3.63, 3.8) is 0 Å². The maximum atomic E-state index is 11.1. The van der Waals surface area contributed by atoms with E-state index >= 15 is 0 Å². The summed E-state index contributed by atoms with van der Waals surface area (Å²) in [5, 5.41) is 0. The number of rotatable bonds is 11. The SMILES string of the molecule is CC(C)OC1CCOC1.CC(C)OCC1(C)COC1.CC(C)OCC1CCS(=O)(=O)CC1.CC(C)OCN1CCS(=O)(=O)CC1. The Bertz CT molecular complexity index is 894. The van der Waals surface area contributed by atoms with Gasteiger partial charge in [-0.25, -0.2) is 16.8 Å². The number of hydrogen-bond acceptors (Lipinski definition) is 11. The summed E-state index contributed by atoms with van der Waals surface area (Å²) in [6, 6.07) is 0. The van der Waals surface area contributed by atoms with Gasteiger partial charge in [-0.3, -0.25) is 4.90 Å². The Morgan fingerprint density at radius 1 is 0.711 bits per heavy atom. The fourth-order valence-electron chi connectivity index (χ4n) is 4.47. The molecule has 4 aliphatic heterocycles. The highest BCUT2D eigenvalue weighted by Gasteiger charge is 2.33. The first-order valence-corrected chi connectivity index (χ1v) is 20.3. The summed E-state index contributed by atoms with van der Waals surface area (Å²) in [7, 11) is -5.46. The second-order valence-electron chi connectivity index (χ2n) is 13.9. The Morgan fingerprint density at radius 3 is 1.67 bits per heavy atom. The van der Waals surface area contributed by atoms with Gasteiger partial charge < -0.3 is 28.4 Å². The minimum Gasteiger partial charge on any atom is -0.380 e. The molecule has 0 spiro atoms. The zero-order valence-electron chi connectivity index (χ0n) is 29.6. The molecule has 0 saturated carbocycles. The van der Waals surface area contributed by atoms with E-state index in [0.29, 0.717) is 67.6 Å². The lowest BCUT2D eigenvalue weighted by Crippen LogP contribution is -2.44. The molecule has 4 rings (SSSR count). The first-order chi connectivity index (χ1) is 20.9. The quantitative estimate of drug-likeness (QED) is 0.313. The highest BCUT2D eigenvalue weighted by Crippen LogP contribution is 2.26. The van der Waals surface area contributed by atoms with E-state index in [0.717, 1.165) is 52.3 Å². The average molecular weight is 688 g/mol. The van der Waals surface area contributed by atoms with E-state index in [2.05, 4.69) is 34.6 Å². The van der Waals surface area contributed by atoms with Crippen LogP contribution in [0.5, 0.6) is 0 Å². The third-order valence-corrected chi connectivity index (χ3v) is 10.7. The predicted molar refractivity (Wildman–Crippen MR) is 179 cm³/mol. The van der Waals surface area contributed by atoms with Crippen molar-refractivity contribution in [3.05, 3.63) is 0 Å². The first-order valence-electron chi connectivity index (χ1n) is 16.7. The maximum absolute atomic E-state index is 11.1. The van der Waals surface area contributed by atoms with Crippen molar-refractivity contribution in [1.29, 1.82) is 0 Å². The molecule has 270 valence electrons. The summed E-state index contributed by atoms with van der Waals surface area (Å²) in [4.78, 5) is 2.03. The van der Waals surface area contributed by atoms with E-state index in [9.17, 15) is 16.8 Å². The molecule has 4 aliphatic rings. The molecule has 0 aromatic carbocycles. The fourth-order valence-corrected chi connectivity index (χ4v) is 7.34. The lowest BCUT2D eigenvalue weighted by Gasteiger charge is -2.38. The summed E-state index contributed by atoms with van der Waals surface area (Å²) in [5.41, 5.74) is 0.310. The van der Waals surface area contributed by atoms with Crippen LogP contribution in [0.2, 0.25) is 0 Å². The smallest absolute Gasteiger partial charge is 0.152 e. The van der Waals surface area contributed by atoms with Crippen LogP contribution in [-0.2, 0) is 48.1 Å². The molecule has 0 amide bonds. The fraction of sp³-hybridized carbons (Fsp3) is 1.00. The van der Waals surface area contributed by atoms with Gasteiger partial charge in [-0.2, -0.15) is 0 Å². The molecule has 0 aromatic heterocycles. The monoisotopic (exact) mass is 687 g/mol. The van der Waals surface area contributed by atoms with Crippen LogP contribution in [0.15, 0.2) is 0 Å². The van der Waals surface area contributed by atoms with E-state index in [1.807, 2.05) is 32.6 Å². The van der Waals surface area contributed by atoms with Gasteiger partial charge in [0.1, 0.15) is 9.84 Å². The molecule has 1 unspecified atom stereocenters. The van der Waals surface area contributed by atoms with Crippen LogP contribution < -0.4 is 0 Å². The van der Waals surface area contributed by atoms with Crippen molar-refractivity contribution in [2.75, 3.05) is 82.5 Å². The Kier molecular flexibility index (Phi) is 20.4. The maximum Gasteiger partial charge on any atom is 0.152 e. The predicted octanol–water partition coefficient (Wildman–Crippen LogP) is 3.98. The van der Waals surface area contributed by atoms with E-state index in [1.165, 1.54) is 0 Å². The lowest BCUT2D eigenvalue weighted by atomic mass is 9.90. The van der Waals surface area contributed by atoms with Crippen molar-refractivity contribution >= 4 is 19.7 Å². The van der Waals surface area contributed by atoms with E-state index in [1.54, 1.807) is 0 Å². The topological polar surface area (TPSA) is 127 Å². The van der Waals surface area contributed by atoms with Crippen molar-refractivity contribution in [1.82, 2.24) is 4.90 Å². The van der Waals surface area contributed by atoms with Gasteiger partial charge in [-0.1, -0.05) is 6.92 Å². The Hall–Kier alpha value is -0.380. The normalized spacial score (nSPS) is 24.2. The number of hydrogen-bond donors (Lipinski definition) is 0. The highest BCUT2D eigenvalue weighted by molar-refractivity contribution is 7.91. The van der Waals surface area contributed by atoms with Gasteiger partial charge in [0.15, 0.2) is 9.84 Å². The number of ether oxygens (including phenoxy) is 6. The molecule has 45 heavy (non-hydrogen) atoms. The Labute approximate surface area is 275 Å². The molecule has 0 aliphatic carbocycles. The lowest BCUT2D eigenvalue weighted by molar-refractivity contribution is -0.145. The third-order valence-electron chi connectivity index (χ3n) is 7.39. The summed E-state index contributed by atoms with van der Waals surface area (Å²) in [6.45, 7) is 25.1. The molecule has 4 heterocycles. The van der Waals surface area contributed by atoms with Crippen molar-refractivity contribution in [3.8, 4) is 0 Å². The van der Waals surface area contributed by atoms with Gasteiger partial charge in [0.2, 0.25) is 0 Å². The summed E-state index contributed by atoms with van der Waals surface area (Å²) < 4.78 is 76.3. The Balaban J connectivity index is 0.000000303. The van der Waals surface area contributed by atoms with Gasteiger partial charge >= 0.3 is 0 Å². The minimum absolute atomic E-state index is 0.207. The van der Waals surface area contributed by atoms with Crippen molar-refractivity contribution in [2.45, 2.75) is 112 Å². The molecule has 11 nitrogen and oxygen atoms in total. The molecular formula is C32H65NO10S2. The first kappa shape index (κ1) is 42.6. The largest absolute Gasteiger partial charge is 0.380 e. The minimum atomic E-state index is -2.75. The van der Waals surface area contributed by atoms with E-state index < -0.39 is 19.7 Å². The van der Waals surface area contributed by atoms with Crippen LogP contribution in [0.25, 0.3) is 0 Å². The number of sulfone groups is 2. The van der Waals surface area contributed by atoms with Crippen molar-refractivity contribution in [2.24, 2.45) is 11.3 Å². The van der Waals surface area contributed by atoms with E-state index in [4.69, 9.17) is 28.4 Å².